The fourth-order valence-electron chi connectivity index (χ4n) is 2.06. The first kappa shape index (κ1) is 17.4. The lowest BCUT2D eigenvalue weighted by atomic mass is 10.3. The Bertz CT molecular complexity index is 711. The van der Waals surface area contributed by atoms with Gasteiger partial charge in [0.05, 0.1) is 29.9 Å². The molecule has 5 nitrogen and oxygen atoms in total. The van der Waals surface area contributed by atoms with Gasteiger partial charge in [0, 0.05) is 6.20 Å². The van der Waals surface area contributed by atoms with Crippen LogP contribution in [0.3, 0.4) is 0 Å². The van der Waals surface area contributed by atoms with Crippen molar-refractivity contribution >= 4 is 35.0 Å². The summed E-state index contributed by atoms with van der Waals surface area (Å²) < 4.78 is 1.58. The summed E-state index contributed by atoms with van der Waals surface area (Å²) in [5.74, 6) is 3.27. The number of anilines is 1. The molecule has 0 unspecified atom stereocenters. The van der Waals surface area contributed by atoms with Gasteiger partial charge in [-0.25, -0.2) is 4.68 Å². The number of pyridine rings is 1. The van der Waals surface area contributed by atoms with Gasteiger partial charge in [-0.2, -0.15) is 5.10 Å². The second-order valence-corrected chi connectivity index (χ2v) is 6.66. The van der Waals surface area contributed by atoms with Crippen molar-refractivity contribution in [1.82, 2.24) is 14.8 Å². The maximum absolute atomic E-state index is 12.6. The van der Waals surface area contributed by atoms with Crippen molar-refractivity contribution in [2.24, 2.45) is 0 Å². The van der Waals surface area contributed by atoms with Crippen molar-refractivity contribution in [1.29, 1.82) is 0 Å². The van der Waals surface area contributed by atoms with Gasteiger partial charge in [-0.15, -0.1) is 18.2 Å². The maximum Gasteiger partial charge on any atom is 0.240 e. The van der Waals surface area contributed by atoms with E-state index < -0.39 is 0 Å². The molecule has 0 aromatic carbocycles. The molecule has 0 aliphatic carbocycles. The number of carbonyl (C=O) groups excluding carboxylic acids is 1. The topological polar surface area (TPSA) is 51.0 Å². The number of hydrogen-bond donors (Lipinski definition) is 0. The number of halogens is 1. The minimum absolute atomic E-state index is 0.0811. The molecule has 0 saturated carbocycles. The molecule has 1 atom stereocenters. The van der Waals surface area contributed by atoms with Crippen LogP contribution in [0.25, 0.3) is 5.69 Å². The average Bonchev–Trinajstić information content (AvgIpc) is 2.94. The summed E-state index contributed by atoms with van der Waals surface area (Å²) in [6.45, 7) is 4.01. The van der Waals surface area contributed by atoms with E-state index in [1.165, 1.54) is 4.90 Å². The first-order valence-corrected chi connectivity index (χ1v) is 8.53. The monoisotopic (exact) mass is 348 g/mol. The van der Waals surface area contributed by atoms with Crippen molar-refractivity contribution < 1.29 is 4.79 Å². The molecule has 0 bridgehead atoms. The number of carbonyl (C=O) groups is 1. The van der Waals surface area contributed by atoms with Gasteiger partial charge in [0.1, 0.15) is 5.69 Å². The Labute approximate surface area is 145 Å². The van der Waals surface area contributed by atoms with E-state index in [1.807, 2.05) is 19.9 Å². The zero-order valence-electron chi connectivity index (χ0n) is 12.9. The van der Waals surface area contributed by atoms with Gasteiger partial charge in [0.2, 0.25) is 5.91 Å². The predicted molar refractivity (Wildman–Crippen MR) is 95.1 cm³/mol. The molecule has 0 saturated heterocycles. The Hall–Kier alpha value is -1.97. The third-order valence-corrected chi connectivity index (χ3v) is 4.44. The quantitative estimate of drug-likeness (QED) is 0.753. The van der Waals surface area contributed by atoms with Gasteiger partial charge in [-0.05, 0) is 24.8 Å². The van der Waals surface area contributed by atoms with Crippen molar-refractivity contribution in [3.63, 3.8) is 0 Å². The highest BCUT2D eigenvalue weighted by atomic mass is 35.5. The van der Waals surface area contributed by atoms with Gasteiger partial charge in [0.25, 0.3) is 0 Å². The van der Waals surface area contributed by atoms with Crippen LogP contribution in [0.5, 0.6) is 0 Å². The van der Waals surface area contributed by atoms with Crippen LogP contribution in [0.4, 0.5) is 5.69 Å². The third kappa shape index (κ3) is 4.06. The van der Waals surface area contributed by atoms with Crippen molar-refractivity contribution in [2.45, 2.75) is 19.1 Å². The van der Waals surface area contributed by atoms with Crippen LogP contribution >= 0.6 is 23.4 Å². The second-order valence-electron chi connectivity index (χ2n) is 4.69. The fraction of sp³-hybridized carbons (Fsp3) is 0.312. The van der Waals surface area contributed by atoms with Crippen LogP contribution < -0.4 is 4.90 Å². The van der Waals surface area contributed by atoms with Crippen LogP contribution in [0.2, 0.25) is 5.15 Å². The second kappa shape index (κ2) is 8.04. The summed E-state index contributed by atoms with van der Waals surface area (Å²) in [7, 11) is 0. The molecule has 23 heavy (non-hydrogen) atoms. The molecule has 2 heterocycles. The Morgan fingerprint density at radius 3 is 3.00 bits per heavy atom. The first-order chi connectivity index (χ1) is 11.1. The Kier molecular flexibility index (Phi) is 6.08. The van der Waals surface area contributed by atoms with Crippen molar-refractivity contribution in [3.05, 3.63) is 35.9 Å². The number of hydrogen-bond acceptors (Lipinski definition) is 4. The van der Waals surface area contributed by atoms with E-state index in [-0.39, 0.29) is 22.9 Å². The van der Waals surface area contributed by atoms with E-state index in [2.05, 4.69) is 16.0 Å². The molecular formula is C16H17ClN4OS. The largest absolute Gasteiger partial charge is 0.295 e. The van der Waals surface area contributed by atoms with Gasteiger partial charge < -0.3 is 0 Å². The summed E-state index contributed by atoms with van der Waals surface area (Å²) in [4.78, 5) is 18.2. The van der Waals surface area contributed by atoms with Gasteiger partial charge in [-0.3, -0.25) is 14.7 Å². The van der Waals surface area contributed by atoms with Crippen LogP contribution in [0, 0.1) is 12.3 Å². The minimum Gasteiger partial charge on any atom is -0.295 e. The van der Waals surface area contributed by atoms with Gasteiger partial charge in [-0.1, -0.05) is 24.4 Å². The van der Waals surface area contributed by atoms with Crippen LogP contribution in [-0.2, 0) is 4.79 Å². The van der Waals surface area contributed by atoms with Gasteiger partial charge in [0.15, 0.2) is 5.15 Å². The predicted octanol–water partition coefficient (Wildman–Crippen LogP) is 3.03. The first-order valence-electron chi connectivity index (χ1n) is 7.10. The molecule has 7 heteroatoms. The molecule has 0 fully saturated rings. The van der Waals surface area contributed by atoms with Crippen LogP contribution in [0.1, 0.15) is 13.8 Å². The number of rotatable bonds is 6. The SMILES string of the molecule is C#CCN(C(=O)[C@H](C)SCC)c1cn(-c2cccnc2)nc1Cl. The Balaban J connectivity index is 2.35. The lowest BCUT2D eigenvalue weighted by Crippen LogP contribution is -2.37. The molecule has 2 aromatic rings. The summed E-state index contributed by atoms with van der Waals surface area (Å²) in [6.07, 6.45) is 10.4. The Morgan fingerprint density at radius 2 is 2.39 bits per heavy atom. The average molecular weight is 349 g/mol. The van der Waals surface area contributed by atoms with Crippen LogP contribution in [0.15, 0.2) is 30.7 Å². The molecular weight excluding hydrogens is 332 g/mol. The minimum atomic E-state index is -0.203. The maximum atomic E-state index is 12.6. The fourth-order valence-corrected chi connectivity index (χ4v) is 3.06. The number of terminal acetylenes is 1. The summed E-state index contributed by atoms with van der Waals surface area (Å²) in [6, 6.07) is 3.65. The number of nitrogens with zero attached hydrogens (tertiary/aromatic N) is 4. The third-order valence-electron chi connectivity index (χ3n) is 3.13. The molecule has 0 radical (unpaired) electrons. The van der Waals surface area contributed by atoms with E-state index in [9.17, 15) is 4.79 Å². The smallest absolute Gasteiger partial charge is 0.240 e. The molecule has 0 aliphatic heterocycles. The molecule has 2 rings (SSSR count). The van der Waals surface area contributed by atoms with E-state index >= 15 is 0 Å². The summed E-state index contributed by atoms with van der Waals surface area (Å²) in [5.41, 5.74) is 1.26. The molecule has 0 aliphatic rings. The number of thioether (sulfide) groups is 1. The Morgan fingerprint density at radius 1 is 1.61 bits per heavy atom. The van der Waals surface area contributed by atoms with Crippen molar-refractivity contribution in [3.8, 4) is 18.0 Å². The van der Waals surface area contributed by atoms with E-state index in [1.54, 1.807) is 41.1 Å². The van der Waals surface area contributed by atoms with Gasteiger partial charge >= 0.3 is 0 Å². The van der Waals surface area contributed by atoms with E-state index in [4.69, 9.17) is 18.0 Å². The van der Waals surface area contributed by atoms with Crippen LogP contribution in [-0.4, -0.2) is 38.2 Å². The van der Waals surface area contributed by atoms with E-state index in [0.29, 0.717) is 5.69 Å². The highest BCUT2D eigenvalue weighted by Crippen LogP contribution is 2.27. The summed E-state index contributed by atoms with van der Waals surface area (Å²) >= 11 is 7.79. The highest BCUT2D eigenvalue weighted by molar-refractivity contribution is 8.00. The highest BCUT2D eigenvalue weighted by Gasteiger charge is 2.25. The molecule has 120 valence electrons. The number of aromatic nitrogens is 3. The lowest BCUT2D eigenvalue weighted by Gasteiger charge is -2.22. The molecule has 1 amide bonds. The molecule has 2 aromatic heterocycles. The number of amides is 1. The zero-order valence-corrected chi connectivity index (χ0v) is 14.5. The van der Waals surface area contributed by atoms with E-state index in [0.717, 1.165) is 11.4 Å². The lowest BCUT2D eigenvalue weighted by molar-refractivity contribution is -0.117. The summed E-state index contributed by atoms with van der Waals surface area (Å²) in [5, 5.41) is 4.27. The zero-order chi connectivity index (χ0) is 16.8. The standard InChI is InChI=1S/C16H17ClN4OS/c1-4-9-20(16(22)12(3)23-5-2)14-11-21(19-15(14)17)13-7-6-8-18-10-13/h1,6-8,10-12H,5,9H2,2-3H3/t12-/m0/s1. The normalized spacial score (nSPS) is 11.7. The molecule has 0 spiro atoms. The van der Waals surface area contributed by atoms with Crippen molar-refractivity contribution in [2.75, 3.05) is 17.2 Å². The molecule has 0 N–H and O–H groups in total.